The van der Waals surface area contributed by atoms with Gasteiger partial charge in [-0.05, 0) is 20.8 Å². The molecule has 7 heteroatoms. The summed E-state index contributed by atoms with van der Waals surface area (Å²) in [5.41, 5.74) is -0.0797. The standard InChI is InChI=1S/C12H19N3O4/c1-12(2,3)19-11(18)14-9(10(16)17)5-8-6-15(4)7-13-8/h6-7,9H,5H2,1-4H3,(H,14,18)(H,16,17)/t9-/m1/s1. The van der Waals surface area contributed by atoms with Gasteiger partial charge in [-0.25, -0.2) is 14.6 Å². The van der Waals surface area contributed by atoms with E-state index in [1.54, 1.807) is 44.9 Å². The van der Waals surface area contributed by atoms with Gasteiger partial charge in [0.2, 0.25) is 0 Å². The van der Waals surface area contributed by atoms with Gasteiger partial charge in [0.1, 0.15) is 11.6 Å². The van der Waals surface area contributed by atoms with E-state index in [0.717, 1.165) is 0 Å². The second-order valence-electron chi connectivity index (χ2n) is 5.27. The highest BCUT2D eigenvalue weighted by molar-refractivity contribution is 5.80. The molecule has 0 aliphatic heterocycles. The maximum Gasteiger partial charge on any atom is 0.408 e. The van der Waals surface area contributed by atoms with Crippen molar-refractivity contribution in [3.05, 3.63) is 18.2 Å². The summed E-state index contributed by atoms with van der Waals surface area (Å²) in [5, 5.41) is 11.4. The first-order valence-corrected chi connectivity index (χ1v) is 5.86. The Morgan fingerprint density at radius 2 is 2.16 bits per heavy atom. The Morgan fingerprint density at radius 1 is 1.53 bits per heavy atom. The van der Waals surface area contributed by atoms with Crippen LogP contribution in [0.15, 0.2) is 12.5 Å². The molecule has 1 atom stereocenters. The van der Waals surface area contributed by atoms with Crippen LogP contribution in [0.2, 0.25) is 0 Å². The number of nitrogens with one attached hydrogen (secondary N) is 1. The number of nitrogens with zero attached hydrogens (tertiary/aromatic N) is 2. The summed E-state index contributed by atoms with van der Waals surface area (Å²) < 4.78 is 6.73. The first-order chi connectivity index (χ1) is 8.67. The summed E-state index contributed by atoms with van der Waals surface area (Å²) in [6, 6.07) is -1.07. The molecule has 0 aliphatic rings. The zero-order valence-corrected chi connectivity index (χ0v) is 11.5. The number of ether oxygens (including phenoxy) is 1. The van der Waals surface area contributed by atoms with Crippen LogP contribution in [0.5, 0.6) is 0 Å². The van der Waals surface area contributed by atoms with Gasteiger partial charge < -0.3 is 19.7 Å². The van der Waals surface area contributed by atoms with Crippen LogP contribution >= 0.6 is 0 Å². The molecule has 0 fully saturated rings. The fourth-order valence-corrected chi connectivity index (χ4v) is 1.43. The average molecular weight is 269 g/mol. The Morgan fingerprint density at radius 3 is 2.58 bits per heavy atom. The van der Waals surface area contributed by atoms with Crippen molar-refractivity contribution in [3.8, 4) is 0 Å². The molecule has 0 aliphatic carbocycles. The van der Waals surface area contributed by atoms with Gasteiger partial charge in [0.25, 0.3) is 0 Å². The molecule has 7 nitrogen and oxygen atoms in total. The molecule has 0 unspecified atom stereocenters. The number of aryl methyl sites for hydroxylation is 1. The highest BCUT2D eigenvalue weighted by atomic mass is 16.6. The molecular weight excluding hydrogens is 250 g/mol. The molecule has 0 aromatic carbocycles. The molecule has 106 valence electrons. The number of aromatic nitrogens is 2. The quantitative estimate of drug-likeness (QED) is 0.848. The summed E-state index contributed by atoms with van der Waals surface area (Å²) in [4.78, 5) is 26.7. The van der Waals surface area contributed by atoms with Crippen molar-refractivity contribution in [3.63, 3.8) is 0 Å². The van der Waals surface area contributed by atoms with Crippen molar-refractivity contribution in [1.82, 2.24) is 14.9 Å². The highest BCUT2D eigenvalue weighted by Gasteiger charge is 2.24. The number of amides is 1. The van der Waals surface area contributed by atoms with Gasteiger partial charge in [-0.3, -0.25) is 0 Å². The lowest BCUT2D eigenvalue weighted by Crippen LogP contribution is -2.44. The fourth-order valence-electron chi connectivity index (χ4n) is 1.43. The third kappa shape index (κ3) is 5.41. The molecular formula is C12H19N3O4. The predicted octanol–water partition coefficient (Wildman–Crippen LogP) is 0.940. The van der Waals surface area contributed by atoms with E-state index in [0.29, 0.717) is 5.69 Å². The molecule has 1 aromatic rings. The number of aliphatic carboxylic acids is 1. The average Bonchev–Trinajstić information content (AvgIpc) is 2.60. The van der Waals surface area contributed by atoms with E-state index in [-0.39, 0.29) is 6.42 Å². The minimum absolute atomic E-state index is 0.107. The van der Waals surface area contributed by atoms with Gasteiger partial charge in [-0.15, -0.1) is 0 Å². The van der Waals surface area contributed by atoms with Crippen molar-refractivity contribution in [1.29, 1.82) is 0 Å². The molecule has 0 bridgehead atoms. The first kappa shape index (κ1) is 15.0. The lowest BCUT2D eigenvalue weighted by atomic mass is 10.1. The molecule has 1 heterocycles. The van der Waals surface area contributed by atoms with Gasteiger partial charge in [0, 0.05) is 19.7 Å². The number of carbonyl (C=O) groups excluding carboxylic acids is 1. The van der Waals surface area contributed by atoms with Crippen LogP contribution in [0, 0.1) is 0 Å². The molecule has 0 saturated heterocycles. The summed E-state index contributed by atoms with van der Waals surface area (Å²) in [5.74, 6) is -1.13. The number of carbonyl (C=O) groups is 2. The highest BCUT2D eigenvalue weighted by Crippen LogP contribution is 2.08. The van der Waals surface area contributed by atoms with E-state index in [2.05, 4.69) is 10.3 Å². The molecule has 0 spiro atoms. The minimum atomic E-state index is -1.13. The summed E-state index contributed by atoms with van der Waals surface area (Å²) in [7, 11) is 1.79. The zero-order valence-electron chi connectivity index (χ0n) is 11.5. The van der Waals surface area contributed by atoms with Crippen molar-refractivity contribution in [2.24, 2.45) is 7.05 Å². The fraction of sp³-hybridized carbons (Fsp3) is 0.583. The largest absolute Gasteiger partial charge is 0.480 e. The number of rotatable bonds is 4. The van der Waals surface area contributed by atoms with Crippen LogP contribution in [0.4, 0.5) is 4.79 Å². The number of hydrogen-bond acceptors (Lipinski definition) is 4. The second kappa shape index (κ2) is 5.73. The van der Waals surface area contributed by atoms with E-state index >= 15 is 0 Å². The van der Waals surface area contributed by atoms with Crippen LogP contribution in [-0.4, -0.2) is 38.4 Å². The van der Waals surface area contributed by atoms with Crippen LogP contribution in [0.25, 0.3) is 0 Å². The van der Waals surface area contributed by atoms with E-state index < -0.39 is 23.7 Å². The monoisotopic (exact) mass is 269 g/mol. The van der Waals surface area contributed by atoms with Gasteiger partial charge >= 0.3 is 12.1 Å². The number of alkyl carbamates (subject to hydrolysis) is 1. The van der Waals surface area contributed by atoms with Crippen molar-refractivity contribution in [2.45, 2.75) is 38.8 Å². The van der Waals surface area contributed by atoms with Crippen molar-refractivity contribution >= 4 is 12.1 Å². The van der Waals surface area contributed by atoms with Gasteiger partial charge in [-0.2, -0.15) is 0 Å². The Hall–Kier alpha value is -2.05. The summed E-state index contributed by atoms with van der Waals surface area (Å²) >= 11 is 0. The predicted molar refractivity (Wildman–Crippen MR) is 67.7 cm³/mol. The zero-order chi connectivity index (χ0) is 14.6. The third-order valence-corrected chi connectivity index (χ3v) is 2.16. The Kier molecular flexibility index (Phi) is 4.52. The molecule has 19 heavy (non-hydrogen) atoms. The molecule has 1 aromatic heterocycles. The van der Waals surface area contributed by atoms with Gasteiger partial charge in [0.05, 0.1) is 12.0 Å². The molecule has 2 N–H and O–H groups in total. The number of carboxylic acids is 1. The van der Waals surface area contributed by atoms with Gasteiger partial charge in [-0.1, -0.05) is 0 Å². The van der Waals surface area contributed by atoms with Crippen LogP contribution in [0.3, 0.4) is 0 Å². The lowest BCUT2D eigenvalue weighted by Gasteiger charge is -2.21. The number of carboxylic acid groups (broad SMARTS) is 1. The molecule has 0 saturated carbocycles. The lowest BCUT2D eigenvalue weighted by molar-refractivity contribution is -0.139. The number of hydrogen-bond donors (Lipinski definition) is 2. The normalized spacial score (nSPS) is 12.8. The summed E-state index contributed by atoms with van der Waals surface area (Å²) in [6.45, 7) is 5.13. The summed E-state index contributed by atoms with van der Waals surface area (Å²) in [6.07, 6.45) is 2.62. The topological polar surface area (TPSA) is 93.5 Å². The van der Waals surface area contributed by atoms with Crippen molar-refractivity contribution < 1.29 is 19.4 Å². The smallest absolute Gasteiger partial charge is 0.408 e. The first-order valence-electron chi connectivity index (χ1n) is 5.86. The van der Waals surface area contributed by atoms with Crippen LogP contribution in [-0.2, 0) is 23.0 Å². The Bertz CT molecular complexity index is 462. The van der Waals surface area contributed by atoms with E-state index in [1.807, 2.05) is 0 Å². The van der Waals surface area contributed by atoms with Crippen LogP contribution in [0.1, 0.15) is 26.5 Å². The number of imidazole rings is 1. The van der Waals surface area contributed by atoms with Crippen molar-refractivity contribution in [2.75, 3.05) is 0 Å². The van der Waals surface area contributed by atoms with Gasteiger partial charge in [0.15, 0.2) is 0 Å². The maximum atomic E-state index is 11.5. The van der Waals surface area contributed by atoms with E-state index in [1.165, 1.54) is 0 Å². The molecule has 1 rings (SSSR count). The van der Waals surface area contributed by atoms with E-state index in [4.69, 9.17) is 9.84 Å². The minimum Gasteiger partial charge on any atom is -0.480 e. The second-order valence-corrected chi connectivity index (χ2v) is 5.27. The van der Waals surface area contributed by atoms with E-state index in [9.17, 15) is 9.59 Å². The molecule has 0 radical (unpaired) electrons. The Labute approximate surface area is 111 Å². The third-order valence-electron chi connectivity index (χ3n) is 2.16. The Balaban J connectivity index is 2.63. The molecule has 1 amide bonds. The van der Waals surface area contributed by atoms with Crippen LogP contribution < -0.4 is 5.32 Å². The SMILES string of the molecule is Cn1cnc(C[C@@H](NC(=O)OC(C)(C)C)C(=O)O)c1. The maximum absolute atomic E-state index is 11.5.